The van der Waals surface area contributed by atoms with Gasteiger partial charge in [-0.25, -0.2) is 13.2 Å². The number of amides is 1. The van der Waals surface area contributed by atoms with Crippen LogP contribution in [-0.2, 0) is 11.2 Å². The Morgan fingerprint density at radius 2 is 1.95 bits per heavy atom. The van der Waals surface area contributed by atoms with E-state index in [0.717, 1.165) is 0 Å². The highest BCUT2D eigenvalue weighted by atomic mass is 79.9. The molecule has 2 rings (SSSR count). The fraction of sp³-hybridized carbons (Fsp3) is 0.462. The number of carbonyl (C=O) groups is 1. The van der Waals surface area contributed by atoms with E-state index in [-0.39, 0.29) is 44.1 Å². The topological polar surface area (TPSA) is 20.3 Å². The highest BCUT2D eigenvalue weighted by Gasteiger charge is 2.35. The molecule has 2 nitrogen and oxygen atoms in total. The molecule has 0 bridgehead atoms. The molecule has 1 aromatic carbocycles. The van der Waals surface area contributed by atoms with E-state index in [1.807, 2.05) is 0 Å². The number of likely N-dealkylation sites (tertiary alicyclic amines) is 1. The zero-order valence-electron chi connectivity index (χ0n) is 10.1. The van der Waals surface area contributed by atoms with Gasteiger partial charge in [0, 0.05) is 30.4 Å². The third-order valence-electron chi connectivity index (χ3n) is 3.20. The van der Waals surface area contributed by atoms with Gasteiger partial charge in [0.25, 0.3) is 5.92 Å². The van der Waals surface area contributed by atoms with Crippen LogP contribution in [0.2, 0.25) is 0 Å². The van der Waals surface area contributed by atoms with Crippen LogP contribution in [0, 0.1) is 5.82 Å². The van der Waals surface area contributed by atoms with Crippen molar-refractivity contribution in [3.63, 3.8) is 0 Å². The Morgan fingerprint density at radius 3 is 2.53 bits per heavy atom. The SMILES string of the molecule is O=C(Cc1ccc(F)cc1Br)N1CCC(F)(F)CC1. The Morgan fingerprint density at radius 1 is 1.32 bits per heavy atom. The summed E-state index contributed by atoms with van der Waals surface area (Å²) in [7, 11) is 0. The van der Waals surface area contributed by atoms with E-state index in [2.05, 4.69) is 15.9 Å². The smallest absolute Gasteiger partial charge is 0.251 e. The molecule has 1 aromatic rings. The standard InChI is InChI=1S/C13H13BrF3NO/c14-11-8-10(15)2-1-9(11)7-12(19)18-5-3-13(16,17)4-6-18/h1-2,8H,3-7H2. The van der Waals surface area contributed by atoms with Crippen molar-refractivity contribution >= 4 is 21.8 Å². The normalized spacial score (nSPS) is 18.4. The Labute approximate surface area is 117 Å². The molecule has 0 aliphatic carbocycles. The lowest BCUT2D eigenvalue weighted by Crippen LogP contribution is -2.43. The van der Waals surface area contributed by atoms with E-state index in [9.17, 15) is 18.0 Å². The minimum absolute atomic E-state index is 0.0741. The molecule has 1 fully saturated rings. The minimum atomic E-state index is -2.66. The molecule has 0 spiro atoms. The summed E-state index contributed by atoms with van der Waals surface area (Å²) in [5.41, 5.74) is 0.656. The highest BCUT2D eigenvalue weighted by Crippen LogP contribution is 2.28. The van der Waals surface area contributed by atoms with Crippen molar-refractivity contribution in [1.82, 2.24) is 4.90 Å². The van der Waals surface area contributed by atoms with E-state index in [0.29, 0.717) is 10.0 Å². The summed E-state index contributed by atoms with van der Waals surface area (Å²) >= 11 is 3.19. The summed E-state index contributed by atoms with van der Waals surface area (Å²) in [6.07, 6.45) is -0.487. The summed E-state index contributed by atoms with van der Waals surface area (Å²) < 4.78 is 39.4. The molecule has 104 valence electrons. The van der Waals surface area contributed by atoms with Gasteiger partial charge < -0.3 is 4.90 Å². The lowest BCUT2D eigenvalue weighted by atomic mass is 10.1. The molecule has 0 unspecified atom stereocenters. The average Bonchev–Trinajstić information content (AvgIpc) is 2.32. The summed E-state index contributed by atoms with van der Waals surface area (Å²) in [5, 5.41) is 0. The molecule has 1 saturated heterocycles. The van der Waals surface area contributed by atoms with Gasteiger partial charge in [-0.1, -0.05) is 22.0 Å². The van der Waals surface area contributed by atoms with Gasteiger partial charge in [-0.15, -0.1) is 0 Å². The number of hydrogen-bond acceptors (Lipinski definition) is 1. The van der Waals surface area contributed by atoms with Crippen LogP contribution in [0.4, 0.5) is 13.2 Å². The van der Waals surface area contributed by atoms with Crippen molar-refractivity contribution in [2.24, 2.45) is 0 Å². The number of benzene rings is 1. The lowest BCUT2D eigenvalue weighted by Gasteiger charge is -2.31. The van der Waals surface area contributed by atoms with Crippen molar-refractivity contribution in [3.8, 4) is 0 Å². The Bertz CT molecular complexity index is 483. The second-order valence-corrected chi connectivity index (χ2v) is 5.50. The number of hydrogen-bond donors (Lipinski definition) is 0. The number of rotatable bonds is 2. The number of nitrogens with zero attached hydrogens (tertiary/aromatic N) is 1. The summed E-state index contributed by atoms with van der Waals surface area (Å²) in [6, 6.07) is 4.08. The number of halogens is 4. The van der Waals surface area contributed by atoms with E-state index in [1.54, 1.807) is 0 Å². The van der Waals surface area contributed by atoms with Crippen LogP contribution in [0.1, 0.15) is 18.4 Å². The second-order valence-electron chi connectivity index (χ2n) is 4.65. The van der Waals surface area contributed by atoms with Crippen LogP contribution in [0.3, 0.4) is 0 Å². The third kappa shape index (κ3) is 3.72. The van der Waals surface area contributed by atoms with E-state index in [1.165, 1.54) is 23.1 Å². The molecule has 0 aromatic heterocycles. The number of alkyl halides is 2. The average molecular weight is 336 g/mol. The molecular formula is C13H13BrF3NO. The first-order chi connectivity index (χ1) is 8.87. The molecule has 0 atom stereocenters. The van der Waals surface area contributed by atoms with Crippen molar-refractivity contribution in [1.29, 1.82) is 0 Å². The third-order valence-corrected chi connectivity index (χ3v) is 3.94. The van der Waals surface area contributed by atoms with Gasteiger partial charge in [-0.3, -0.25) is 4.79 Å². The van der Waals surface area contributed by atoms with Crippen molar-refractivity contribution in [2.75, 3.05) is 13.1 Å². The Hall–Kier alpha value is -1.04. The summed E-state index contributed by atoms with van der Waals surface area (Å²) in [6.45, 7) is 0.148. The van der Waals surface area contributed by atoms with Crippen LogP contribution in [0.25, 0.3) is 0 Å². The molecule has 19 heavy (non-hydrogen) atoms. The first-order valence-electron chi connectivity index (χ1n) is 5.97. The largest absolute Gasteiger partial charge is 0.342 e. The molecule has 1 heterocycles. The van der Waals surface area contributed by atoms with E-state index in [4.69, 9.17) is 0 Å². The Kier molecular flexibility index (Phi) is 4.18. The monoisotopic (exact) mass is 335 g/mol. The molecule has 1 amide bonds. The van der Waals surface area contributed by atoms with Gasteiger partial charge in [0.1, 0.15) is 5.82 Å². The van der Waals surface area contributed by atoms with Crippen LogP contribution in [0.5, 0.6) is 0 Å². The number of carbonyl (C=O) groups excluding carboxylic acids is 1. The van der Waals surface area contributed by atoms with Gasteiger partial charge in [0.15, 0.2) is 0 Å². The van der Waals surface area contributed by atoms with Crippen molar-refractivity contribution < 1.29 is 18.0 Å². The minimum Gasteiger partial charge on any atom is -0.342 e. The first kappa shape index (κ1) is 14.4. The summed E-state index contributed by atoms with van der Waals surface area (Å²) in [4.78, 5) is 13.4. The molecule has 0 radical (unpaired) electrons. The van der Waals surface area contributed by atoms with Crippen molar-refractivity contribution in [3.05, 3.63) is 34.1 Å². The number of piperidine rings is 1. The van der Waals surface area contributed by atoms with Crippen LogP contribution >= 0.6 is 15.9 Å². The molecule has 1 aliphatic heterocycles. The predicted octanol–water partition coefficient (Wildman–Crippen LogP) is 3.39. The maximum Gasteiger partial charge on any atom is 0.251 e. The van der Waals surface area contributed by atoms with Gasteiger partial charge >= 0.3 is 0 Å². The van der Waals surface area contributed by atoms with Crippen LogP contribution in [-0.4, -0.2) is 29.8 Å². The van der Waals surface area contributed by atoms with E-state index < -0.39 is 5.92 Å². The second kappa shape index (κ2) is 5.53. The molecule has 0 N–H and O–H groups in total. The molecule has 0 saturated carbocycles. The molecular weight excluding hydrogens is 323 g/mol. The lowest BCUT2D eigenvalue weighted by molar-refractivity contribution is -0.136. The quantitative estimate of drug-likeness (QED) is 0.811. The van der Waals surface area contributed by atoms with Gasteiger partial charge in [-0.05, 0) is 17.7 Å². The fourth-order valence-electron chi connectivity index (χ4n) is 2.02. The zero-order chi connectivity index (χ0) is 14.0. The van der Waals surface area contributed by atoms with Gasteiger partial charge in [0.05, 0.1) is 6.42 Å². The summed E-state index contributed by atoms with van der Waals surface area (Å²) in [5.74, 6) is -3.25. The van der Waals surface area contributed by atoms with E-state index >= 15 is 0 Å². The maximum absolute atomic E-state index is 13.0. The maximum atomic E-state index is 13.0. The molecule has 1 aliphatic rings. The van der Waals surface area contributed by atoms with Crippen LogP contribution in [0.15, 0.2) is 22.7 Å². The fourth-order valence-corrected chi connectivity index (χ4v) is 2.51. The van der Waals surface area contributed by atoms with Gasteiger partial charge in [-0.2, -0.15) is 0 Å². The van der Waals surface area contributed by atoms with Crippen molar-refractivity contribution in [2.45, 2.75) is 25.2 Å². The predicted molar refractivity (Wildman–Crippen MR) is 68.6 cm³/mol. The Balaban J connectivity index is 1.98. The van der Waals surface area contributed by atoms with Gasteiger partial charge in [0.2, 0.25) is 5.91 Å². The molecule has 6 heteroatoms. The first-order valence-corrected chi connectivity index (χ1v) is 6.76. The zero-order valence-corrected chi connectivity index (χ0v) is 11.7. The van der Waals surface area contributed by atoms with Crippen LogP contribution < -0.4 is 0 Å². The highest BCUT2D eigenvalue weighted by molar-refractivity contribution is 9.10.